The van der Waals surface area contributed by atoms with E-state index in [-0.39, 0.29) is 5.97 Å². The number of unbranched alkanes of at least 4 members (excludes halogenated alkanes) is 1. The number of carboxylic acid groups (broad SMARTS) is 2. The zero-order chi connectivity index (χ0) is 30.7. The minimum Gasteiger partial charge on any atom is -0.491 e. The molecule has 0 saturated carbocycles. The minimum absolute atomic E-state index is 0.297. The molecule has 0 amide bonds. The summed E-state index contributed by atoms with van der Waals surface area (Å²) < 4.78 is 15.8. The molecule has 228 valence electrons. The Labute approximate surface area is 251 Å². The summed E-state index contributed by atoms with van der Waals surface area (Å²) >= 11 is 6.38. The molecule has 0 unspecified atom stereocenters. The number of aliphatic carboxylic acids is 2. The summed E-state index contributed by atoms with van der Waals surface area (Å²) in [5, 5.41) is 19.7. The number of aryl methyl sites for hydroxylation is 2. The Hall–Kier alpha value is -3.86. The van der Waals surface area contributed by atoms with Crippen molar-refractivity contribution >= 4 is 40.9 Å². The van der Waals surface area contributed by atoms with Crippen molar-refractivity contribution in [2.75, 3.05) is 51.5 Å². The van der Waals surface area contributed by atoms with Gasteiger partial charge in [0.05, 0.1) is 13.2 Å². The number of anilines is 2. The molecular formula is C31H39ClN2O8. The lowest BCUT2D eigenvalue weighted by molar-refractivity contribution is -0.137. The first-order valence-electron chi connectivity index (χ1n) is 13.7. The molecule has 3 N–H and O–H groups in total. The molecule has 10 nitrogen and oxygen atoms in total. The monoisotopic (exact) mass is 602 g/mol. The maximum absolute atomic E-state index is 11.3. The lowest BCUT2D eigenvalue weighted by atomic mass is 10.0. The first-order valence-corrected chi connectivity index (χ1v) is 14.1. The Morgan fingerprint density at radius 2 is 1.69 bits per heavy atom. The van der Waals surface area contributed by atoms with Gasteiger partial charge in [0.2, 0.25) is 0 Å². The fourth-order valence-corrected chi connectivity index (χ4v) is 4.36. The van der Waals surface area contributed by atoms with E-state index in [1.165, 1.54) is 28.6 Å². The van der Waals surface area contributed by atoms with Gasteiger partial charge in [0.15, 0.2) is 0 Å². The van der Waals surface area contributed by atoms with E-state index in [9.17, 15) is 14.4 Å². The standard InChI is InChI=1S/C27H35ClN2O4.C4H4O4/c1-3-33-27(31)7-6-15-29-14-4-5-16-30-25-13-12-24(34-18-17-32-2)19-22(25)9-8-21-10-11-23(28)20-26(21)30;5-3(6)1-2-4(7)8/h6-7,10-13,19-20,29H,3-5,8-9,14-18H2,1-2H3;1-2H,(H,5,6)(H,7,8)/b7-6+;2-1-. The number of esters is 1. The number of halogens is 1. The largest absolute Gasteiger partial charge is 0.491 e. The van der Waals surface area contributed by atoms with Crippen molar-refractivity contribution in [2.45, 2.75) is 32.6 Å². The quantitative estimate of drug-likeness (QED) is 0.148. The average Bonchev–Trinajstić information content (AvgIpc) is 3.10. The van der Waals surface area contributed by atoms with Crippen LogP contribution in [-0.4, -0.2) is 74.7 Å². The van der Waals surface area contributed by atoms with E-state index in [2.05, 4.69) is 34.5 Å². The van der Waals surface area contributed by atoms with Crippen LogP contribution in [-0.2, 0) is 36.7 Å². The maximum atomic E-state index is 11.3. The minimum atomic E-state index is -1.26. The molecule has 11 heteroatoms. The van der Waals surface area contributed by atoms with Gasteiger partial charge in [-0.25, -0.2) is 14.4 Å². The van der Waals surface area contributed by atoms with Crippen LogP contribution in [0, 0.1) is 0 Å². The molecule has 0 saturated heterocycles. The normalized spacial score (nSPS) is 12.2. The number of hydrogen-bond donors (Lipinski definition) is 3. The summed E-state index contributed by atoms with van der Waals surface area (Å²) in [5.41, 5.74) is 4.99. The number of benzene rings is 2. The van der Waals surface area contributed by atoms with Gasteiger partial charge in [-0.3, -0.25) is 0 Å². The van der Waals surface area contributed by atoms with Gasteiger partial charge in [0.25, 0.3) is 0 Å². The SMILES string of the molecule is CCOC(=O)/C=C/CNCCCCN1c2ccc(OCCOC)cc2CCc2ccc(Cl)cc21.O=C(O)/C=C\C(=O)O. The fraction of sp³-hybridized carbons (Fsp3) is 0.387. The Morgan fingerprint density at radius 1 is 0.952 bits per heavy atom. The van der Waals surface area contributed by atoms with E-state index < -0.39 is 11.9 Å². The highest BCUT2D eigenvalue weighted by atomic mass is 35.5. The Balaban J connectivity index is 0.000000675. The van der Waals surface area contributed by atoms with Crippen molar-refractivity contribution in [3.63, 3.8) is 0 Å². The highest BCUT2D eigenvalue weighted by Crippen LogP contribution is 2.39. The number of nitrogens with one attached hydrogen (secondary N) is 1. The topological polar surface area (TPSA) is 135 Å². The molecule has 42 heavy (non-hydrogen) atoms. The van der Waals surface area contributed by atoms with Crippen molar-refractivity contribution in [2.24, 2.45) is 0 Å². The number of fused-ring (bicyclic) bond motifs is 2. The van der Waals surface area contributed by atoms with Gasteiger partial charge >= 0.3 is 17.9 Å². The van der Waals surface area contributed by atoms with Gasteiger partial charge < -0.3 is 34.6 Å². The van der Waals surface area contributed by atoms with Gasteiger partial charge in [0, 0.05) is 54.8 Å². The van der Waals surface area contributed by atoms with Gasteiger partial charge in [-0.15, -0.1) is 0 Å². The van der Waals surface area contributed by atoms with Crippen molar-refractivity contribution < 1.29 is 38.8 Å². The fourth-order valence-electron chi connectivity index (χ4n) is 4.19. The van der Waals surface area contributed by atoms with E-state index in [1.54, 1.807) is 20.1 Å². The molecular weight excluding hydrogens is 564 g/mol. The van der Waals surface area contributed by atoms with Crippen LogP contribution >= 0.6 is 11.6 Å². The van der Waals surface area contributed by atoms with Crippen LogP contribution in [0.1, 0.15) is 30.9 Å². The highest BCUT2D eigenvalue weighted by Gasteiger charge is 2.21. The number of methoxy groups -OCH3 is 1. The summed E-state index contributed by atoms with van der Waals surface area (Å²) in [6.45, 7) is 5.72. The summed E-state index contributed by atoms with van der Waals surface area (Å²) in [6.07, 6.45) is 8.35. The number of carboxylic acids is 2. The second-order valence-corrected chi connectivity index (χ2v) is 9.57. The molecule has 0 aliphatic carbocycles. The number of ether oxygens (including phenoxy) is 3. The van der Waals surface area contributed by atoms with Crippen molar-refractivity contribution in [1.82, 2.24) is 5.32 Å². The van der Waals surface area contributed by atoms with Gasteiger partial charge in [-0.2, -0.15) is 0 Å². The Kier molecular flexibility index (Phi) is 15.8. The lowest BCUT2D eigenvalue weighted by Crippen LogP contribution is -2.22. The lowest BCUT2D eigenvalue weighted by Gasteiger charge is -2.27. The van der Waals surface area contributed by atoms with E-state index in [4.69, 9.17) is 36.0 Å². The van der Waals surface area contributed by atoms with Crippen LogP contribution in [0.5, 0.6) is 5.75 Å². The summed E-state index contributed by atoms with van der Waals surface area (Å²) in [7, 11) is 1.68. The molecule has 2 aromatic rings. The first kappa shape index (κ1) is 34.3. The van der Waals surface area contributed by atoms with Crippen molar-refractivity contribution in [3.8, 4) is 5.75 Å². The Morgan fingerprint density at radius 3 is 2.38 bits per heavy atom. The van der Waals surface area contributed by atoms with Crippen LogP contribution < -0.4 is 15.0 Å². The molecule has 0 aromatic heterocycles. The summed E-state index contributed by atoms with van der Waals surface area (Å²) in [5.74, 6) is -1.94. The molecule has 1 aliphatic rings. The molecule has 1 heterocycles. The number of rotatable bonds is 15. The number of hydrogen-bond acceptors (Lipinski definition) is 8. The predicted molar refractivity (Wildman–Crippen MR) is 162 cm³/mol. The smallest absolute Gasteiger partial charge is 0.330 e. The van der Waals surface area contributed by atoms with Gasteiger partial charge in [-0.05, 0) is 80.6 Å². The summed E-state index contributed by atoms with van der Waals surface area (Å²) in [6, 6.07) is 12.5. The van der Waals surface area contributed by atoms with E-state index in [1.807, 2.05) is 12.1 Å². The second-order valence-electron chi connectivity index (χ2n) is 9.13. The molecule has 3 rings (SSSR count). The molecule has 0 fully saturated rings. The first-order chi connectivity index (χ1) is 20.2. The molecule has 0 radical (unpaired) electrons. The third-order valence-electron chi connectivity index (χ3n) is 6.06. The number of carbonyl (C=O) groups is 3. The average molecular weight is 603 g/mol. The maximum Gasteiger partial charge on any atom is 0.330 e. The number of carbonyl (C=O) groups excluding carboxylic acids is 1. The zero-order valence-electron chi connectivity index (χ0n) is 24.0. The van der Waals surface area contributed by atoms with E-state index in [0.717, 1.165) is 49.5 Å². The van der Waals surface area contributed by atoms with Crippen LogP contribution in [0.25, 0.3) is 0 Å². The van der Waals surface area contributed by atoms with Gasteiger partial charge in [0.1, 0.15) is 12.4 Å². The Bertz CT molecular complexity index is 1220. The van der Waals surface area contributed by atoms with E-state index in [0.29, 0.717) is 38.5 Å². The van der Waals surface area contributed by atoms with Crippen molar-refractivity contribution in [1.29, 1.82) is 0 Å². The van der Waals surface area contributed by atoms with Crippen LogP contribution in [0.3, 0.4) is 0 Å². The molecule has 0 spiro atoms. The second kappa shape index (κ2) is 19.3. The van der Waals surface area contributed by atoms with Crippen molar-refractivity contribution in [3.05, 3.63) is 76.9 Å². The van der Waals surface area contributed by atoms with Crippen LogP contribution in [0.4, 0.5) is 11.4 Å². The molecule has 1 aliphatic heterocycles. The van der Waals surface area contributed by atoms with Gasteiger partial charge in [-0.1, -0.05) is 23.7 Å². The molecule has 0 bridgehead atoms. The molecule has 2 aromatic carbocycles. The third-order valence-corrected chi connectivity index (χ3v) is 6.29. The van der Waals surface area contributed by atoms with E-state index >= 15 is 0 Å². The highest BCUT2D eigenvalue weighted by molar-refractivity contribution is 6.30. The van der Waals surface area contributed by atoms with Crippen LogP contribution in [0.15, 0.2) is 60.7 Å². The number of nitrogens with zero attached hydrogens (tertiary/aromatic N) is 1. The third kappa shape index (κ3) is 12.8. The summed E-state index contributed by atoms with van der Waals surface area (Å²) in [4.78, 5) is 32.8. The predicted octanol–water partition coefficient (Wildman–Crippen LogP) is 4.80. The zero-order valence-corrected chi connectivity index (χ0v) is 24.8. The van der Waals surface area contributed by atoms with Crippen LogP contribution in [0.2, 0.25) is 5.02 Å². The molecule has 0 atom stereocenters.